The molecule has 1 aromatic carbocycles. The Kier molecular flexibility index (Phi) is 5.27. The van der Waals surface area contributed by atoms with E-state index in [2.05, 4.69) is 20.2 Å². The monoisotopic (exact) mass is 414 g/mol. The largest absolute Gasteiger partial charge is 0.359 e. The Balaban J connectivity index is 1.45. The molecular formula is C20H23ClN6O2. The zero-order valence-electron chi connectivity index (χ0n) is 16.4. The number of hydrogen-bond donors (Lipinski definition) is 1. The van der Waals surface area contributed by atoms with Crippen molar-refractivity contribution in [2.75, 3.05) is 54.9 Å². The summed E-state index contributed by atoms with van der Waals surface area (Å²) < 4.78 is 0. The standard InChI is InChI=1S/C20H23ClN6O2/c1-13(14-3-5-15(21)6-4-14)20(29)27-9-7-26(8-10-27)19-17-18(22-12-23-19)24-16(28)11-25(17)2/h3-6,12-13H,7-11H2,1-2H3,(H,22,23,24,28)/t13-/m0/s1. The molecule has 1 atom stereocenters. The number of anilines is 3. The Morgan fingerprint density at radius 3 is 2.52 bits per heavy atom. The van der Waals surface area contributed by atoms with E-state index in [1.165, 1.54) is 6.33 Å². The first-order chi connectivity index (χ1) is 13.9. The molecule has 0 unspecified atom stereocenters. The number of nitrogens with zero attached hydrogens (tertiary/aromatic N) is 5. The lowest BCUT2D eigenvalue weighted by atomic mass is 9.99. The van der Waals surface area contributed by atoms with Gasteiger partial charge in [-0.1, -0.05) is 23.7 Å². The van der Waals surface area contributed by atoms with Gasteiger partial charge in [0.25, 0.3) is 0 Å². The van der Waals surface area contributed by atoms with E-state index in [0.717, 1.165) is 17.1 Å². The molecule has 0 radical (unpaired) electrons. The van der Waals surface area contributed by atoms with E-state index < -0.39 is 0 Å². The van der Waals surface area contributed by atoms with Crippen LogP contribution in [0.5, 0.6) is 0 Å². The Bertz CT molecular complexity index is 927. The van der Waals surface area contributed by atoms with E-state index in [4.69, 9.17) is 11.6 Å². The molecule has 2 aliphatic heterocycles. The van der Waals surface area contributed by atoms with Crippen molar-refractivity contribution in [3.63, 3.8) is 0 Å². The molecule has 2 aromatic rings. The molecular weight excluding hydrogens is 392 g/mol. The van der Waals surface area contributed by atoms with Crippen molar-refractivity contribution in [3.05, 3.63) is 41.2 Å². The molecule has 0 bridgehead atoms. The van der Waals surface area contributed by atoms with Gasteiger partial charge in [0, 0.05) is 38.2 Å². The molecule has 8 nitrogen and oxygen atoms in total. The van der Waals surface area contributed by atoms with Gasteiger partial charge < -0.3 is 20.0 Å². The van der Waals surface area contributed by atoms with Crippen LogP contribution in [0.2, 0.25) is 5.02 Å². The van der Waals surface area contributed by atoms with Crippen molar-refractivity contribution in [1.82, 2.24) is 14.9 Å². The third-order valence-corrected chi connectivity index (χ3v) is 5.71. The summed E-state index contributed by atoms with van der Waals surface area (Å²) >= 11 is 5.95. The average Bonchev–Trinajstić information content (AvgIpc) is 2.72. The fourth-order valence-electron chi connectivity index (χ4n) is 3.82. The number of carbonyl (C=O) groups is 2. The second kappa shape index (κ2) is 7.87. The van der Waals surface area contributed by atoms with Crippen LogP contribution in [-0.4, -0.2) is 66.5 Å². The van der Waals surface area contributed by atoms with Gasteiger partial charge in [0.1, 0.15) is 12.0 Å². The third kappa shape index (κ3) is 3.85. The fourth-order valence-corrected chi connectivity index (χ4v) is 3.94. The Labute approximate surface area is 174 Å². The highest BCUT2D eigenvalue weighted by atomic mass is 35.5. The molecule has 0 saturated carbocycles. The summed E-state index contributed by atoms with van der Waals surface area (Å²) in [6.45, 7) is 4.77. The molecule has 2 aliphatic rings. The molecule has 1 aromatic heterocycles. The summed E-state index contributed by atoms with van der Waals surface area (Å²) in [7, 11) is 1.86. The minimum absolute atomic E-state index is 0.0868. The van der Waals surface area contributed by atoms with E-state index in [0.29, 0.717) is 37.0 Å². The minimum Gasteiger partial charge on any atom is -0.359 e. The number of piperazine rings is 1. The Morgan fingerprint density at radius 2 is 1.83 bits per heavy atom. The summed E-state index contributed by atoms with van der Waals surface area (Å²) in [6, 6.07) is 7.43. The maximum atomic E-state index is 12.9. The molecule has 4 rings (SSSR count). The third-order valence-electron chi connectivity index (χ3n) is 5.45. The smallest absolute Gasteiger partial charge is 0.245 e. The van der Waals surface area contributed by atoms with Gasteiger partial charge in [-0.05, 0) is 24.6 Å². The summed E-state index contributed by atoms with van der Waals surface area (Å²) in [5.74, 6) is 1.13. The summed E-state index contributed by atoms with van der Waals surface area (Å²) in [5.41, 5.74) is 1.78. The SMILES string of the molecule is C[C@H](C(=O)N1CCN(c2ncnc3c2N(C)CC(=O)N3)CC1)c1ccc(Cl)cc1. The summed E-state index contributed by atoms with van der Waals surface area (Å²) in [5, 5.41) is 3.46. The number of fused-ring (bicyclic) bond motifs is 1. The first kappa shape index (κ1) is 19.4. The topological polar surface area (TPSA) is 81.7 Å². The van der Waals surface area contributed by atoms with Crippen LogP contribution in [0, 0.1) is 0 Å². The van der Waals surface area contributed by atoms with Crippen LogP contribution in [0.25, 0.3) is 0 Å². The molecule has 2 amide bonds. The minimum atomic E-state index is -0.216. The van der Waals surface area contributed by atoms with Gasteiger partial charge in [-0.15, -0.1) is 0 Å². The number of hydrogen-bond acceptors (Lipinski definition) is 6. The zero-order valence-corrected chi connectivity index (χ0v) is 17.2. The number of carbonyl (C=O) groups excluding carboxylic acids is 2. The number of aromatic nitrogens is 2. The van der Waals surface area contributed by atoms with Crippen molar-refractivity contribution in [3.8, 4) is 0 Å². The van der Waals surface area contributed by atoms with Crippen molar-refractivity contribution in [2.24, 2.45) is 0 Å². The zero-order chi connectivity index (χ0) is 20.5. The van der Waals surface area contributed by atoms with E-state index in [-0.39, 0.29) is 24.3 Å². The van der Waals surface area contributed by atoms with Crippen LogP contribution < -0.4 is 15.1 Å². The van der Waals surface area contributed by atoms with Crippen LogP contribution >= 0.6 is 11.6 Å². The van der Waals surface area contributed by atoms with Gasteiger partial charge in [0.15, 0.2) is 11.6 Å². The molecule has 29 heavy (non-hydrogen) atoms. The van der Waals surface area contributed by atoms with Crippen LogP contribution in [0.4, 0.5) is 17.3 Å². The molecule has 1 saturated heterocycles. The average molecular weight is 415 g/mol. The van der Waals surface area contributed by atoms with E-state index in [1.54, 1.807) is 0 Å². The number of benzene rings is 1. The predicted molar refractivity (Wildman–Crippen MR) is 113 cm³/mol. The summed E-state index contributed by atoms with van der Waals surface area (Å²) in [4.78, 5) is 39.3. The van der Waals surface area contributed by atoms with Gasteiger partial charge in [-0.2, -0.15) is 0 Å². The molecule has 9 heteroatoms. The number of halogens is 1. The van der Waals surface area contributed by atoms with E-state index in [1.807, 2.05) is 48.0 Å². The lowest BCUT2D eigenvalue weighted by Crippen LogP contribution is -2.50. The van der Waals surface area contributed by atoms with Crippen molar-refractivity contribution < 1.29 is 9.59 Å². The van der Waals surface area contributed by atoms with Gasteiger partial charge in [-0.25, -0.2) is 9.97 Å². The van der Waals surface area contributed by atoms with Crippen molar-refractivity contribution >= 4 is 40.7 Å². The Hall–Kier alpha value is -2.87. The number of likely N-dealkylation sites (N-methyl/N-ethyl adjacent to an activating group) is 1. The lowest BCUT2D eigenvalue weighted by Gasteiger charge is -2.38. The molecule has 0 spiro atoms. The van der Waals surface area contributed by atoms with Crippen LogP contribution in [0.15, 0.2) is 30.6 Å². The molecule has 0 aliphatic carbocycles. The van der Waals surface area contributed by atoms with Gasteiger partial charge in [0.05, 0.1) is 12.5 Å². The highest BCUT2D eigenvalue weighted by Crippen LogP contribution is 2.35. The van der Waals surface area contributed by atoms with Crippen LogP contribution in [-0.2, 0) is 9.59 Å². The van der Waals surface area contributed by atoms with Crippen LogP contribution in [0.3, 0.4) is 0 Å². The molecule has 152 valence electrons. The quantitative estimate of drug-likeness (QED) is 0.827. The molecule has 1 fully saturated rings. The van der Waals surface area contributed by atoms with Gasteiger partial charge in [0.2, 0.25) is 11.8 Å². The second-order valence-corrected chi connectivity index (χ2v) is 7.82. The maximum absolute atomic E-state index is 12.9. The number of rotatable bonds is 3. The molecule has 1 N–H and O–H groups in total. The van der Waals surface area contributed by atoms with Crippen molar-refractivity contribution in [2.45, 2.75) is 12.8 Å². The van der Waals surface area contributed by atoms with Gasteiger partial charge >= 0.3 is 0 Å². The number of nitrogens with one attached hydrogen (secondary N) is 1. The fraction of sp³-hybridized carbons (Fsp3) is 0.400. The molecule has 3 heterocycles. The normalized spacial score (nSPS) is 17.6. The Morgan fingerprint density at radius 1 is 1.14 bits per heavy atom. The van der Waals surface area contributed by atoms with Crippen LogP contribution in [0.1, 0.15) is 18.4 Å². The lowest BCUT2D eigenvalue weighted by molar-refractivity contribution is -0.132. The van der Waals surface area contributed by atoms with Crippen molar-refractivity contribution in [1.29, 1.82) is 0 Å². The predicted octanol–water partition coefficient (Wildman–Crippen LogP) is 1.97. The van der Waals surface area contributed by atoms with E-state index in [9.17, 15) is 9.59 Å². The first-order valence-electron chi connectivity index (χ1n) is 9.59. The highest BCUT2D eigenvalue weighted by molar-refractivity contribution is 6.30. The number of amides is 2. The highest BCUT2D eigenvalue weighted by Gasteiger charge is 2.30. The maximum Gasteiger partial charge on any atom is 0.245 e. The van der Waals surface area contributed by atoms with Gasteiger partial charge in [-0.3, -0.25) is 9.59 Å². The van der Waals surface area contributed by atoms with E-state index >= 15 is 0 Å². The second-order valence-electron chi connectivity index (χ2n) is 7.38. The summed E-state index contributed by atoms with van der Waals surface area (Å²) in [6.07, 6.45) is 1.47. The first-order valence-corrected chi connectivity index (χ1v) is 9.97.